The summed E-state index contributed by atoms with van der Waals surface area (Å²) in [5.74, 6) is 2.67. The number of halogens is 1. The summed E-state index contributed by atoms with van der Waals surface area (Å²) in [6, 6.07) is 6.02. The Kier molecular flexibility index (Phi) is 11.8. The topological polar surface area (TPSA) is 66.4 Å². The molecule has 0 bridgehead atoms. The number of hydrogen-bond acceptors (Lipinski definition) is 4. The predicted octanol–water partition coefficient (Wildman–Crippen LogP) is 2.77. The first-order valence-corrected chi connectivity index (χ1v) is 10.1. The van der Waals surface area contributed by atoms with E-state index in [4.69, 9.17) is 14.5 Å². The Morgan fingerprint density at radius 2 is 2.03 bits per heavy atom. The van der Waals surface area contributed by atoms with Crippen molar-refractivity contribution < 1.29 is 14.3 Å². The number of methoxy groups -OCH3 is 2. The zero-order chi connectivity index (χ0) is 20.4. The average molecular weight is 518 g/mol. The van der Waals surface area contributed by atoms with Crippen LogP contribution in [-0.4, -0.2) is 75.7 Å². The molecule has 1 aliphatic rings. The second kappa shape index (κ2) is 13.5. The maximum Gasteiger partial charge on any atom is 0.222 e. The highest BCUT2D eigenvalue weighted by atomic mass is 127. The highest BCUT2D eigenvalue weighted by Crippen LogP contribution is 2.27. The van der Waals surface area contributed by atoms with E-state index in [9.17, 15) is 4.79 Å². The molecule has 1 heterocycles. The Bertz CT molecular complexity index is 669. The molecule has 1 saturated heterocycles. The van der Waals surface area contributed by atoms with Gasteiger partial charge in [0.05, 0.1) is 14.2 Å². The number of guanidine groups is 1. The molecule has 7 nitrogen and oxygen atoms in total. The molecule has 164 valence electrons. The van der Waals surface area contributed by atoms with Gasteiger partial charge in [-0.2, -0.15) is 0 Å². The fourth-order valence-electron chi connectivity index (χ4n) is 3.30. The third-order valence-electron chi connectivity index (χ3n) is 4.90. The lowest BCUT2D eigenvalue weighted by molar-refractivity contribution is -0.127. The van der Waals surface area contributed by atoms with Gasteiger partial charge >= 0.3 is 0 Å². The lowest BCUT2D eigenvalue weighted by Gasteiger charge is -2.22. The summed E-state index contributed by atoms with van der Waals surface area (Å²) in [7, 11) is 5.34. The van der Waals surface area contributed by atoms with E-state index in [1.54, 1.807) is 14.2 Å². The third kappa shape index (κ3) is 7.91. The first kappa shape index (κ1) is 25.3. The van der Waals surface area contributed by atoms with Gasteiger partial charge in [-0.1, -0.05) is 6.07 Å². The minimum atomic E-state index is 0. The molecule has 1 amide bonds. The number of aliphatic imine (C=N–C) groups is 1. The molecule has 29 heavy (non-hydrogen) atoms. The molecule has 0 saturated carbocycles. The van der Waals surface area contributed by atoms with Gasteiger partial charge in [0.15, 0.2) is 17.5 Å². The number of nitrogens with one attached hydrogen (secondary N) is 1. The quantitative estimate of drug-likeness (QED) is 0.224. The van der Waals surface area contributed by atoms with Crippen molar-refractivity contribution in [3.05, 3.63) is 23.8 Å². The van der Waals surface area contributed by atoms with Gasteiger partial charge < -0.3 is 24.6 Å². The Morgan fingerprint density at radius 1 is 1.28 bits per heavy atom. The van der Waals surface area contributed by atoms with Gasteiger partial charge in [-0.05, 0) is 43.9 Å². The molecule has 0 unspecified atom stereocenters. The van der Waals surface area contributed by atoms with Crippen LogP contribution in [0.5, 0.6) is 11.5 Å². The summed E-state index contributed by atoms with van der Waals surface area (Å²) in [6.45, 7) is 6.15. The summed E-state index contributed by atoms with van der Waals surface area (Å²) in [6.07, 6.45) is 3.46. The number of amides is 1. The highest BCUT2D eigenvalue weighted by molar-refractivity contribution is 14.0. The lowest BCUT2D eigenvalue weighted by atomic mass is 10.1. The molecule has 1 fully saturated rings. The number of ether oxygens (including phenoxy) is 2. The van der Waals surface area contributed by atoms with Crippen LogP contribution in [0.4, 0.5) is 0 Å². The lowest BCUT2D eigenvalue weighted by Crippen LogP contribution is -2.40. The molecule has 0 aromatic heterocycles. The third-order valence-corrected chi connectivity index (χ3v) is 4.90. The smallest absolute Gasteiger partial charge is 0.222 e. The van der Waals surface area contributed by atoms with E-state index in [0.717, 1.165) is 62.9 Å². The van der Waals surface area contributed by atoms with Crippen LogP contribution in [0, 0.1) is 0 Å². The van der Waals surface area contributed by atoms with Crippen molar-refractivity contribution in [1.29, 1.82) is 0 Å². The van der Waals surface area contributed by atoms with Gasteiger partial charge in [-0.3, -0.25) is 9.79 Å². The highest BCUT2D eigenvalue weighted by Gasteiger charge is 2.19. The number of nitrogens with zero attached hydrogens (tertiary/aromatic N) is 3. The molecule has 0 atom stereocenters. The van der Waals surface area contributed by atoms with Gasteiger partial charge in [-0.15, -0.1) is 24.0 Å². The standard InChI is InChI=1S/C21H34N4O3.HI/c1-5-22-21(23-12-7-14-25-13-6-8-20(25)26)24(2)15-11-17-9-10-18(27-3)19(16-17)28-4;/h9-10,16H,5-8,11-15H2,1-4H3,(H,22,23);1H. The van der Waals surface area contributed by atoms with Gasteiger partial charge in [0, 0.05) is 46.2 Å². The molecular formula is C21H35IN4O3. The van der Waals surface area contributed by atoms with Crippen LogP contribution in [-0.2, 0) is 11.2 Å². The van der Waals surface area contributed by atoms with Crippen LogP contribution in [0.3, 0.4) is 0 Å². The van der Waals surface area contributed by atoms with Crippen LogP contribution < -0.4 is 14.8 Å². The van der Waals surface area contributed by atoms with Crippen molar-refractivity contribution in [3.63, 3.8) is 0 Å². The van der Waals surface area contributed by atoms with Crippen molar-refractivity contribution in [2.75, 3.05) is 54.0 Å². The van der Waals surface area contributed by atoms with Crippen molar-refractivity contribution in [3.8, 4) is 11.5 Å². The normalized spacial score (nSPS) is 13.9. The van der Waals surface area contributed by atoms with Crippen molar-refractivity contribution in [1.82, 2.24) is 15.1 Å². The summed E-state index contributed by atoms with van der Waals surface area (Å²) < 4.78 is 10.7. The van der Waals surface area contributed by atoms with E-state index < -0.39 is 0 Å². The molecule has 8 heteroatoms. The van der Waals surface area contributed by atoms with Gasteiger partial charge in [-0.25, -0.2) is 0 Å². The van der Waals surface area contributed by atoms with E-state index in [1.807, 2.05) is 24.1 Å². The monoisotopic (exact) mass is 518 g/mol. The minimum Gasteiger partial charge on any atom is -0.493 e. The summed E-state index contributed by atoms with van der Waals surface area (Å²) in [5.41, 5.74) is 1.19. The number of likely N-dealkylation sites (N-methyl/N-ethyl adjacent to an activating group) is 1. The van der Waals surface area contributed by atoms with E-state index in [1.165, 1.54) is 5.56 Å². The summed E-state index contributed by atoms with van der Waals surface area (Å²) >= 11 is 0. The fraction of sp³-hybridized carbons (Fsp3) is 0.619. The zero-order valence-corrected chi connectivity index (χ0v) is 20.4. The fourth-order valence-corrected chi connectivity index (χ4v) is 3.30. The maximum atomic E-state index is 11.7. The molecule has 1 aromatic rings. The van der Waals surface area contributed by atoms with E-state index in [-0.39, 0.29) is 29.9 Å². The van der Waals surface area contributed by atoms with Crippen molar-refractivity contribution >= 4 is 35.8 Å². The Hall–Kier alpha value is -1.71. The van der Waals surface area contributed by atoms with Crippen molar-refractivity contribution in [2.24, 2.45) is 4.99 Å². The summed E-state index contributed by atoms with van der Waals surface area (Å²) in [5, 5.41) is 3.35. The number of hydrogen-bond donors (Lipinski definition) is 1. The molecule has 1 aliphatic heterocycles. The second-order valence-electron chi connectivity index (χ2n) is 6.93. The SMILES string of the molecule is CCNC(=NCCCN1CCCC1=O)N(C)CCc1ccc(OC)c(OC)c1.I. The predicted molar refractivity (Wildman–Crippen MR) is 128 cm³/mol. The number of likely N-dealkylation sites (tertiary alicyclic amines) is 1. The number of carbonyl (C=O) groups is 1. The average Bonchev–Trinajstić information content (AvgIpc) is 3.12. The van der Waals surface area contributed by atoms with Crippen molar-refractivity contribution in [2.45, 2.75) is 32.6 Å². The maximum absolute atomic E-state index is 11.7. The first-order chi connectivity index (χ1) is 13.6. The minimum absolute atomic E-state index is 0. The largest absolute Gasteiger partial charge is 0.493 e. The zero-order valence-electron chi connectivity index (χ0n) is 18.1. The molecule has 0 radical (unpaired) electrons. The van der Waals surface area contributed by atoms with Crippen LogP contribution in [0.1, 0.15) is 31.7 Å². The molecule has 2 rings (SSSR count). The molecule has 0 spiro atoms. The summed E-state index contributed by atoms with van der Waals surface area (Å²) in [4.78, 5) is 20.5. The number of benzene rings is 1. The Balaban J connectivity index is 0.00000420. The number of carbonyl (C=O) groups excluding carboxylic acids is 1. The van der Waals surface area contributed by atoms with E-state index in [2.05, 4.69) is 23.2 Å². The Morgan fingerprint density at radius 3 is 2.66 bits per heavy atom. The van der Waals surface area contributed by atoms with Gasteiger partial charge in [0.25, 0.3) is 0 Å². The van der Waals surface area contributed by atoms with Gasteiger partial charge in [0.2, 0.25) is 5.91 Å². The van der Waals surface area contributed by atoms with Crippen LogP contribution in [0.15, 0.2) is 23.2 Å². The Labute approximate surface area is 191 Å². The van der Waals surface area contributed by atoms with Crippen LogP contribution in [0.2, 0.25) is 0 Å². The van der Waals surface area contributed by atoms with Crippen LogP contribution >= 0.6 is 24.0 Å². The second-order valence-corrected chi connectivity index (χ2v) is 6.93. The molecule has 0 aliphatic carbocycles. The molecule has 1 N–H and O–H groups in total. The molecular weight excluding hydrogens is 483 g/mol. The first-order valence-electron chi connectivity index (χ1n) is 10.1. The van der Waals surface area contributed by atoms with E-state index in [0.29, 0.717) is 13.0 Å². The number of rotatable bonds is 10. The van der Waals surface area contributed by atoms with Gasteiger partial charge in [0.1, 0.15) is 0 Å². The molecule has 1 aromatic carbocycles. The van der Waals surface area contributed by atoms with Crippen LogP contribution in [0.25, 0.3) is 0 Å². The van der Waals surface area contributed by atoms with E-state index >= 15 is 0 Å².